The Labute approximate surface area is 289 Å². The van der Waals surface area contributed by atoms with Gasteiger partial charge in [0, 0.05) is 24.6 Å². The second-order valence-corrected chi connectivity index (χ2v) is 13.3. The number of carbonyl (C=O) groups excluding carboxylic acids is 4. The number of amides is 3. The van der Waals surface area contributed by atoms with E-state index in [-0.39, 0.29) is 24.2 Å². The van der Waals surface area contributed by atoms with Crippen LogP contribution in [0.15, 0.2) is 133 Å². The van der Waals surface area contributed by atoms with E-state index >= 15 is 14.4 Å². The molecule has 248 valence electrons. The normalized spacial score (nSPS) is 24.9. The molecule has 0 radical (unpaired) electrons. The van der Waals surface area contributed by atoms with Crippen LogP contribution in [-0.2, 0) is 37.4 Å². The molecule has 5 aromatic carbocycles. The molecule has 2 heterocycles. The molecule has 2 aliphatic heterocycles. The van der Waals surface area contributed by atoms with Gasteiger partial charge in [-0.2, -0.15) is 0 Å². The molecular weight excluding hydrogens is 628 g/mol. The van der Waals surface area contributed by atoms with Crippen LogP contribution in [0.3, 0.4) is 0 Å². The molecule has 50 heavy (non-hydrogen) atoms. The van der Waals surface area contributed by atoms with Gasteiger partial charge in [-0.15, -0.1) is 0 Å². The molecule has 8 nitrogen and oxygen atoms in total. The molecule has 1 saturated carbocycles. The predicted octanol–water partition coefficient (Wildman–Crippen LogP) is 6.10. The standard InChI is InChI=1S/C42H34N2O6/c1-27(45)44-35-23-12-10-21-33(35)42(39(44)48)37(36(46)29-16-7-4-8-17-29)40(26-41(42,49)30-18-13-19-31(24-30)50-2)32-20-9-11-22-34(32)43(38(40)47)25-28-14-5-3-6-15-28/h3-24,37,49H,25-26H2,1-2H3/t37-,40-,41+,42+/m1/s1. The fourth-order valence-electron chi connectivity index (χ4n) is 8.97. The molecule has 8 rings (SSSR count). The van der Waals surface area contributed by atoms with Crippen molar-refractivity contribution in [2.75, 3.05) is 16.9 Å². The number of para-hydroxylation sites is 2. The van der Waals surface area contributed by atoms with Crippen molar-refractivity contribution in [3.05, 3.63) is 161 Å². The van der Waals surface area contributed by atoms with E-state index in [0.717, 1.165) is 10.5 Å². The SMILES string of the molecule is COc1cccc([C@@]2(O)C[C@]3(C(=O)N(Cc4ccccc4)c4ccccc43)[C@@H](C(=O)c3ccccc3)[C@@]23C(=O)N(C(C)=O)c2ccccc23)c1. The highest BCUT2D eigenvalue weighted by Gasteiger charge is 2.82. The summed E-state index contributed by atoms with van der Waals surface area (Å²) < 4.78 is 5.58. The number of benzene rings is 5. The molecule has 1 N–H and O–H groups in total. The molecule has 4 atom stereocenters. The molecule has 0 saturated heterocycles. The molecule has 8 heteroatoms. The van der Waals surface area contributed by atoms with Crippen LogP contribution in [-0.4, -0.2) is 35.7 Å². The highest BCUT2D eigenvalue weighted by Crippen LogP contribution is 2.71. The second-order valence-electron chi connectivity index (χ2n) is 13.3. The van der Waals surface area contributed by atoms with Gasteiger partial charge in [0.05, 0.1) is 30.7 Å². The van der Waals surface area contributed by atoms with E-state index in [1.165, 1.54) is 14.0 Å². The highest BCUT2D eigenvalue weighted by molar-refractivity contribution is 6.27. The zero-order chi connectivity index (χ0) is 34.8. The van der Waals surface area contributed by atoms with Crippen molar-refractivity contribution in [2.45, 2.75) is 36.3 Å². The first-order chi connectivity index (χ1) is 24.2. The summed E-state index contributed by atoms with van der Waals surface area (Å²) in [5, 5.41) is 13.7. The number of hydrogen-bond donors (Lipinski definition) is 1. The number of carbonyl (C=O) groups is 4. The van der Waals surface area contributed by atoms with E-state index in [1.807, 2.05) is 54.6 Å². The number of ether oxygens (including phenoxy) is 1. The Bertz CT molecular complexity index is 2200. The quantitative estimate of drug-likeness (QED) is 0.221. The maximum absolute atomic E-state index is 15.6. The van der Waals surface area contributed by atoms with Crippen LogP contribution in [0.5, 0.6) is 5.75 Å². The van der Waals surface area contributed by atoms with Crippen molar-refractivity contribution in [3.63, 3.8) is 0 Å². The molecular formula is C42H34N2O6. The Balaban J connectivity index is 1.50. The molecule has 3 amide bonds. The number of imide groups is 1. The predicted molar refractivity (Wildman–Crippen MR) is 188 cm³/mol. The summed E-state index contributed by atoms with van der Waals surface area (Å²) in [6.07, 6.45) is -0.316. The fraction of sp³-hybridized carbons (Fsp3) is 0.190. The van der Waals surface area contributed by atoms with Crippen molar-refractivity contribution in [1.29, 1.82) is 0 Å². The smallest absolute Gasteiger partial charge is 0.248 e. The first kappa shape index (κ1) is 31.4. The topological polar surface area (TPSA) is 104 Å². The van der Waals surface area contributed by atoms with Gasteiger partial charge in [0.25, 0.3) is 0 Å². The molecule has 1 fully saturated rings. The van der Waals surface area contributed by atoms with Crippen molar-refractivity contribution in [3.8, 4) is 5.75 Å². The van der Waals surface area contributed by atoms with Crippen LogP contribution in [0.1, 0.15) is 46.0 Å². The Morgan fingerprint density at radius 1 is 0.760 bits per heavy atom. The van der Waals surface area contributed by atoms with E-state index in [2.05, 4.69) is 0 Å². The van der Waals surface area contributed by atoms with E-state index in [0.29, 0.717) is 28.1 Å². The summed E-state index contributed by atoms with van der Waals surface area (Å²) in [4.78, 5) is 62.7. The monoisotopic (exact) mass is 662 g/mol. The average Bonchev–Trinajstić information content (AvgIpc) is 3.66. The maximum atomic E-state index is 15.6. The number of hydrogen-bond acceptors (Lipinski definition) is 6. The Hall–Kier alpha value is -5.86. The summed E-state index contributed by atoms with van der Waals surface area (Å²) in [5.74, 6) is -3.26. The van der Waals surface area contributed by atoms with E-state index in [1.54, 1.807) is 83.8 Å². The minimum absolute atomic E-state index is 0.208. The van der Waals surface area contributed by atoms with Crippen LogP contribution in [0.2, 0.25) is 0 Å². The van der Waals surface area contributed by atoms with Crippen LogP contribution in [0, 0.1) is 5.92 Å². The number of rotatable bonds is 6. The Morgan fingerprint density at radius 3 is 2.06 bits per heavy atom. The van der Waals surface area contributed by atoms with E-state index < -0.39 is 45.9 Å². The molecule has 1 aliphatic carbocycles. The number of fused-ring (bicyclic) bond motifs is 4. The van der Waals surface area contributed by atoms with Gasteiger partial charge < -0.3 is 14.7 Å². The number of nitrogens with zero attached hydrogens (tertiary/aromatic N) is 2. The first-order valence-electron chi connectivity index (χ1n) is 16.6. The maximum Gasteiger partial charge on any atom is 0.248 e. The van der Waals surface area contributed by atoms with Gasteiger partial charge in [-0.1, -0.05) is 109 Å². The Kier molecular flexibility index (Phi) is 7.13. The van der Waals surface area contributed by atoms with E-state index in [9.17, 15) is 9.90 Å². The summed E-state index contributed by atoms with van der Waals surface area (Å²) in [6, 6.07) is 39.0. The van der Waals surface area contributed by atoms with E-state index in [4.69, 9.17) is 4.74 Å². The molecule has 0 unspecified atom stereocenters. The lowest BCUT2D eigenvalue weighted by Crippen LogP contribution is -2.59. The number of aliphatic hydroxyl groups is 1. The summed E-state index contributed by atoms with van der Waals surface area (Å²) in [5.41, 5.74) is -2.86. The lowest BCUT2D eigenvalue weighted by molar-refractivity contribution is -0.137. The van der Waals surface area contributed by atoms with Gasteiger partial charge in [-0.25, -0.2) is 4.90 Å². The summed E-state index contributed by atoms with van der Waals surface area (Å²) in [6.45, 7) is 1.49. The fourth-order valence-corrected chi connectivity index (χ4v) is 8.97. The van der Waals surface area contributed by atoms with Crippen molar-refractivity contribution < 1.29 is 29.0 Å². The minimum Gasteiger partial charge on any atom is -0.497 e. The van der Waals surface area contributed by atoms with Crippen molar-refractivity contribution in [1.82, 2.24) is 0 Å². The molecule has 0 bridgehead atoms. The van der Waals surface area contributed by atoms with Crippen LogP contribution >= 0.6 is 0 Å². The summed E-state index contributed by atoms with van der Waals surface area (Å²) >= 11 is 0. The number of Topliss-reactive ketones (excluding diaryl/α,β-unsaturated/α-hetero) is 1. The zero-order valence-electron chi connectivity index (χ0n) is 27.6. The number of ketones is 1. The van der Waals surface area contributed by atoms with Gasteiger partial charge in [0.1, 0.15) is 16.8 Å². The number of anilines is 2. The minimum atomic E-state index is -2.18. The summed E-state index contributed by atoms with van der Waals surface area (Å²) in [7, 11) is 1.50. The van der Waals surface area contributed by atoms with Gasteiger partial charge in [-0.3, -0.25) is 19.2 Å². The average molecular weight is 663 g/mol. The largest absolute Gasteiger partial charge is 0.497 e. The third kappa shape index (κ3) is 4.02. The first-order valence-corrected chi connectivity index (χ1v) is 16.6. The third-order valence-electron chi connectivity index (χ3n) is 10.9. The lowest BCUT2D eigenvalue weighted by Gasteiger charge is -2.42. The van der Waals surface area contributed by atoms with Gasteiger partial charge in [0.2, 0.25) is 17.7 Å². The van der Waals surface area contributed by atoms with Crippen LogP contribution in [0.25, 0.3) is 0 Å². The second kappa shape index (κ2) is 11.4. The van der Waals surface area contributed by atoms with Crippen LogP contribution in [0.4, 0.5) is 11.4 Å². The van der Waals surface area contributed by atoms with Crippen molar-refractivity contribution >= 4 is 34.9 Å². The van der Waals surface area contributed by atoms with Gasteiger partial charge in [-0.05, 0) is 46.5 Å². The van der Waals surface area contributed by atoms with Gasteiger partial charge >= 0.3 is 0 Å². The Morgan fingerprint density at radius 2 is 1.38 bits per heavy atom. The lowest BCUT2D eigenvalue weighted by atomic mass is 9.58. The van der Waals surface area contributed by atoms with Crippen LogP contribution < -0.4 is 14.5 Å². The number of methoxy groups -OCH3 is 1. The van der Waals surface area contributed by atoms with Gasteiger partial charge in [0.15, 0.2) is 5.78 Å². The molecule has 3 aliphatic rings. The molecule has 2 spiro atoms. The highest BCUT2D eigenvalue weighted by atomic mass is 16.5. The molecule has 0 aromatic heterocycles. The zero-order valence-corrected chi connectivity index (χ0v) is 27.6. The van der Waals surface area contributed by atoms with Crippen molar-refractivity contribution in [2.24, 2.45) is 5.92 Å². The molecule has 5 aromatic rings. The third-order valence-corrected chi connectivity index (χ3v) is 10.9.